The number of fused-ring (bicyclic) bond motifs is 1. The van der Waals surface area contributed by atoms with E-state index in [9.17, 15) is 0 Å². The van der Waals surface area contributed by atoms with Gasteiger partial charge in [-0.25, -0.2) is 0 Å². The van der Waals surface area contributed by atoms with E-state index in [1.807, 2.05) is 0 Å². The van der Waals surface area contributed by atoms with Gasteiger partial charge in [-0.1, -0.05) is 26.2 Å². The SMILES string of the molecule is CCCCC1CC2CC1C2. The summed E-state index contributed by atoms with van der Waals surface area (Å²) in [5, 5.41) is 0. The molecule has 1 atom stereocenters. The third-order valence-electron chi connectivity index (χ3n) is 3.50. The minimum Gasteiger partial charge on any atom is -0.0654 e. The highest BCUT2D eigenvalue weighted by Gasteiger charge is 2.43. The van der Waals surface area contributed by atoms with Crippen LogP contribution in [0.3, 0.4) is 0 Å². The molecular weight excluding hydrogens is 120 g/mol. The monoisotopic (exact) mass is 138 g/mol. The molecule has 0 saturated heterocycles. The molecule has 0 heterocycles. The Hall–Kier alpha value is 0. The van der Waals surface area contributed by atoms with Crippen LogP contribution in [0.2, 0.25) is 0 Å². The van der Waals surface area contributed by atoms with Crippen LogP contribution in [0.4, 0.5) is 0 Å². The van der Waals surface area contributed by atoms with Gasteiger partial charge in [0.15, 0.2) is 0 Å². The summed E-state index contributed by atoms with van der Waals surface area (Å²) in [4.78, 5) is 0. The predicted octanol–water partition coefficient (Wildman–Crippen LogP) is 3.22. The smallest absolute Gasteiger partial charge is 0.0380 e. The Bertz CT molecular complexity index is 111. The molecule has 0 spiro atoms. The van der Waals surface area contributed by atoms with Gasteiger partial charge < -0.3 is 0 Å². The first kappa shape index (κ1) is 6.69. The van der Waals surface area contributed by atoms with Crippen LogP contribution < -0.4 is 0 Å². The van der Waals surface area contributed by atoms with E-state index in [4.69, 9.17) is 0 Å². The number of rotatable bonds is 3. The van der Waals surface area contributed by atoms with Gasteiger partial charge in [-0.05, 0) is 37.0 Å². The molecule has 3 saturated carbocycles. The van der Waals surface area contributed by atoms with Gasteiger partial charge in [0.25, 0.3) is 0 Å². The quantitative estimate of drug-likeness (QED) is 0.561. The van der Waals surface area contributed by atoms with E-state index in [2.05, 4.69) is 6.92 Å². The van der Waals surface area contributed by atoms with E-state index < -0.39 is 0 Å². The van der Waals surface area contributed by atoms with Crippen molar-refractivity contribution in [3.05, 3.63) is 0 Å². The molecular formula is C10H18. The Labute approximate surface area is 64.0 Å². The summed E-state index contributed by atoms with van der Waals surface area (Å²) in [6.07, 6.45) is 9.19. The topological polar surface area (TPSA) is 0 Å². The fourth-order valence-electron chi connectivity index (χ4n) is 2.81. The van der Waals surface area contributed by atoms with Crippen LogP contribution in [0.1, 0.15) is 45.4 Å². The fourth-order valence-corrected chi connectivity index (χ4v) is 2.81. The summed E-state index contributed by atoms with van der Waals surface area (Å²) in [6.45, 7) is 2.30. The van der Waals surface area contributed by atoms with Crippen LogP contribution in [0.15, 0.2) is 0 Å². The minimum absolute atomic E-state index is 1.16. The predicted molar refractivity (Wildman–Crippen MR) is 43.8 cm³/mol. The minimum atomic E-state index is 1.16. The van der Waals surface area contributed by atoms with E-state index >= 15 is 0 Å². The molecule has 0 aliphatic heterocycles. The third kappa shape index (κ3) is 0.980. The van der Waals surface area contributed by atoms with Gasteiger partial charge >= 0.3 is 0 Å². The van der Waals surface area contributed by atoms with Crippen molar-refractivity contribution >= 4 is 0 Å². The lowest BCUT2D eigenvalue weighted by molar-refractivity contribution is 0.267. The average Bonchev–Trinajstić information content (AvgIpc) is 2.37. The van der Waals surface area contributed by atoms with Crippen LogP contribution in [0.25, 0.3) is 0 Å². The molecule has 3 aliphatic carbocycles. The Morgan fingerprint density at radius 1 is 1.20 bits per heavy atom. The largest absolute Gasteiger partial charge is 0.0654 e. The lowest BCUT2D eigenvalue weighted by Crippen LogP contribution is -2.14. The summed E-state index contributed by atoms with van der Waals surface area (Å²) in [5.74, 6) is 3.51. The van der Waals surface area contributed by atoms with E-state index in [1.165, 1.54) is 31.1 Å². The van der Waals surface area contributed by atoms with Crippen molar-refractivity contribution in [2.24, 2.45) is 17.8 Å². The van der Waals surface area contributed by atoms with Gasteiger partial charge in [0.05, 0.1) is 0 Å². The number of hydrogen-bond acceptors (Lipinski definition) is 0. The summed E-state index contributed by atoms with van der Waals surface area (Å²) >= 11 is 0. The van der Waals surface area contributed by atoms with E-state index in [0.29, 0.717) is 0 Å². The maximum absolute atomic E-state index is 2.30. The van der Waals surface area contributed by atoms with Crippen molar-refractivity contribution in [1.82, 2.24) is 0 Å². The first-order chi connectivity index (χ1) is 4.90. The normalized spacial score (nSPS) is 43.5. The number of hydrogen-bond donors (Lipinski definition) is 0. The van der Waals surface area contributed by atoms with Crippen molar-refractivity contribution in [1.29, 1.82) is 0 Å². The molecule has 3 rings (SSSR count). The molecule has 10 heavy (non-hydrogen) atoms. The van der Waals surface area contributed by atoms with Gasteiger partial charge in [0, 0.05) is 0 Å². The first-order valence-electron chi connectivity index (χ1n) is 4.90. The van der Waals surface area contributed by atoms with Crippen LogP contribution in [-0.4, -0.2) is 0 Å². The van der Waals surface area contributed by atoms with Crippen LogP contribution in [0, 0.1) is 17.8 Å². The Morgan fingerprint density at radius 2 is 2.00 bits per heavy atom. The van der Waals surface area contributed by atoms with Gasteiger partial charge in [-0.3, -0.25) is 0 Å². The second kappa shape index (κ2) is 2.56. The van der Waals surface area contributed by atoms with Crippen molar-refractivity contribution in [3.63, 3.8) is 0 Å². The van der Waals surface area contributed by atoms with E-state index in [0.717, 1.165) is 5.92 Å². The van der Waals surface area contributed by atoms with Crippen LogP contribution >= 0.6 is 0 Å². The highest BCUT2D eigenvalue weighted by atomic mass is 14.5. The molecule has 3 fully saturated rings. The zero-order valence-electron chi connectivity index (χ0n) is 6.97. The van der Waals surface area contributed by atoms with Crippen molar-refractivity contribution in [2.45, 2.75) is 45.4 Å². The maximum Gasteiger partial charge on any atom is -0.0380 e. The molecule has 0 radical (unpaired) electrons. The highest BCUT2D eigenvalue weighted by molar-refractivity contribution is 4.93. The van der Waals surface area contributed by atoms with Crippen molar-refractivity contribution in [2.75, 3.05) is 0 Å². The lowest BCUT2D eigenvalue weighted by Gasteiger charge is -2.24. The van der Waals surface area contributed by atoms with Crippen LogP contribution in [0.5, 0.6) is 0 Å². The van der Waals surface area contributed by atoms with Gasteiger partial charge in [-0.2, -0.15) is 0 Å². The summed E-state index contributed by atoms with van der Waals surface area (Å²) < 4.78 is 0. The van der Waals surface area contributed by atoms with Crippen LogP contribution in [-0.2, 0) is 0 Å². The Morgan fingerprint density at radius 3 is 2.50 bits per heavy atom. The molecule has 1 unspecified atom stereocenters. The van der Waals surface area contributed by atoms with Gasteiger partial charge in [0.2, 0.25) is 0 Å². The third-order valence-corrected chi connectivity index (χ3v) is 3.50. The zero-order valence-corrected chi connectivity index (χ0v) is 6.97. The van der Waals surface area contributed by atoms with Crippen molar-refractivity contribution < 1.29 is 0 Å². The maximum atomic E-state index is 2.30. The Kier molecular flexibility index (Phi) is 1.71. The molecule has 0 N–H and O–H groups in total. The van der Waals surface area contributed by atoms with E-state index in [-0.39, 0.29) is 0 Å². The van der Waals surface area contributed by atoms with Crippen molar-refractivity contribution in [3.8, 4) is 0 Å². The second-order valence-electron chi connectivity index (χ2n) is 4.24. The second-order valence-corrected chi connectivity index (χ2v) is 4.24. The first-order valence-corrected chi connectivity index (χ1v) is 4.90. The zero-order chi connectivity index (χ0) is 6.97. The molecule has 3 aliphatic rings. The summed E-state index contributed by atoms with van der Waals surface area (Å²) in [7, 11) is 0. The molecule has 0 nitrogen and oxygen atoms in total. The molecule has 0 aromatic carbocycles. The summed E-state index contributed by atoms with van der Waals surface area (Å²) in [6, 6.07) is 0. The fraction of sp³-hybridized carbons (Fsp3) is 1.00. The van der Waals surface area contributed by atoms with E-state index in [1.54, 1.807) is 19.3 Å². The van der Waals surface area contributed by atoms with Gasteiger partial charge in [-0.15, -0.1) is 0 Å². The average molecular weight is 138 g/mol. The molecule has 0 aromatic heterocycles. The number of unbranched alkanes of at least 4 members (excludes halogenated alkanes) is 1. The lowest BCUT2D eigenvalue weighted by atomic mass is 9.81. The van der Waals surface area contributed by atoms with Gasteiger partial charge in [0.1, 0.15) is 0 Å². The highest BCUT2D eigenvalue weighted by Crippen LogP contribution is 2.53. The Balaban J connectivity index is 1.74. The standard InChI is InChI=1S/C10H18/c1-2-3-4-9-5-8-6-10(9)7-8/h8-10H,2-7H2,1H3. The molecule has 2 bridgehead atoms. The summed E-state index contributed by atoms with van der Waals surface area (Å²) in [5.41, 5.74) is 0. The molecule has 0 amide bonds. The molecule has 0 heteroatoms. The molecule has 58 valence electrons. The molecule has 0 aromatic rings.